The Morgan fingerprint density at radius 3 is 2.71 bits per heavy atom. The minimum Gasteiger partial charge on any atom is -0.444 e. The van der Waals surface area contributed by atoms with Crippen LogP contribution in [0.2, 0.25) is 0 Å². The van der Waals surface area contributed by atoms with Gasteiger partial charge in [0.25, 0.3) is 0 Å². The number of rotatable bonds is 1. The molecule has 3 heterocycles. The summed E-state index contributed by atoms with van der Waals surface area (Å²) in [5, 5.41) is 3.48. The van der Waals surface area contributed by atoms with Gasteiger partial charge in [0, 0.05) is 18.6 Å². The van der Waals surface area contributed by atoms with Crippen molar-refractivity contribution in [2.24, 2.45) is 0 Å². The topological polar surface area (TPSA) is 41.6 Å². The molecule has 1 amide bonds. The molecule has 96 valence electrons. The molecule has 0 aromatic carbocycles. The van der Waals surface area contributed by atoms with Gasteiger partial charge in [-0.05, 0) is 33.6 Å². The van der Waals surface area contributed by atoms with Crippen molar-refractivity contribution in [3.63, 3.8) is 0 Å². The third-order valence-corrected chi connectivity index (χ3v) is 3.35. The smallest absolute Gasteiger partial charge is 0.410 e. The molecule has 0 radical (unpaired) electrons. The van der Waals surface area contributed by atoms with Gasteiger partial charge in [-0.2, -0.15) is 0 Å². The summed E-state index contributed by atoms with van der Waals surface area (Å²) in [6.45, 7) is 10.3. The Morgan fingerprint density at radius 2 is 2.18 bits per heavy atom. The van der Waals surface area contributed by atoms with Crippen LogP contribution in [0.15, 0.2) is 12.7 Å². The minimum atomic E-state index is -0.426. The van der Waals surface area contributed by atoms with E-state index in [-0.39, 0.29) is 18.2 Å². The van der Waals surface area contributed by atoms with Crippen LogP contribution in [0.3, 0.4) is 0 Å². The van der Waals surface area contributed by atoms with E-state index < -0.39 is 5.60 Å². The molecule has 3 aliphatic rings. The first kappa shape index (κ1) is 12.4. The van der Waals surface area contributed by atoms with E-state index in [1.807, 2.05) is 31.7 Å². The number of nitrogens with zero attached hydrogens (tertiary/aromatic N) is 1. The predicted octanol–water partition coefficient (Wildman–Crippen LogP) is 1.91. The van der Waals surface area contributed by atoms with Crippen LogP contribution in [0.1, 0.15) is 33.6 Å². The molecule has 17 heavy (non-hydrogen) atoms. The summed E-state index contributed by atoms with van der Waals surface area (Å²) in [7, 11) is 0. The van der Waals surface area contributed by atoms with Crippen LogP contribution in [0, 0.1) is 0 Å². The molecule has 4 nitrogen and oxygen atoms in total. The number of nitrogens with one attached hydrogen (secondary N) is 1. The summed E-state index contributed by atoms with van der Waals surface area (Å²) in [4.78, 5) is 14.0. The SMILES string of the molecule is C=CC1NC2CCC1N(C(=O)OC(C)(C)C)C2. The third kappa shape index (κ3) is 2.63. The van der Waals surface area contributed by atoms with E-state index in [0.717, 1.165) is 19.4 Å². The van der Waals surface area contributed by atoms with Crippen molar-refractivity contribution in [3.05, 3.63) is 12.7 Å². The van der Waals surface area contributed by atoms with Crippen LogP contribution < -0.4 is 5.32 Å². The molecule has 3 saturated heterocycles. The largest absolute Gasteiger partial charge is 0.444 e. The Balaban J connectivity index is 2.06. The minimum absolute atomic E-state index is 0.194. The molecule has 3 aliphatic heterocycles. The van der Waals surface area contributed by atoms with E-state index in [2.05, 4.69) is 11.9 Å². The van der Waals surface area contributed by atoms with E-state index in [1.165, 1.54) is 0 Å². The lowest BCUT2D eigenvalue weighted by molar-refractivity contribution is -0.0109. The first-order valence-electron chi connectivity index (χ1n) is 6.29. The quantitative estimate of drug-likeness (QED) is 0.710. The number of piperazine rings is 1. The first-order chi connectivity index (χ1) is 7.90. The molecular formula is C13H22N2O2. The fourth-order valence-corrected chi connectivity index (χ4v) is 2.64. The highest BCUT2D eigenvalue weighted by Gasteiger charge is 2.42. The molecule has 0 saturated carbocycles. The summed E-state index contributed by atoms with van der Waals surface area (Å²) >= 11 is 0. The maximum absolute atomic E-state index is 12.1. The molecule has 1 N–H and O–H groups in total. The number of hydrogen-bond donors (Lipinski definition) is 1. The van der Waals surface area contributed by atoms with E-state index in [9.17, 15) is 4.79 Å². The maximum atomic E-state index is 12.1. The molecule has 0 aliphatic carbocycles. The Labute approximate surface area is 103 Å². The number of ether oxygens (including phenoxy) is 1. The van der Waals surface area contributed by atoms with Gasteiger partial charge in [-0.1, -0.05) is 6.08 Å². The number of carbonyl (C=O) groups excluding carboxylic acids is 1. The van der Waals surface area contributed by atoms with E-state index in [0.29, 0.717) is 6.04 Å². The van der Waals surface area contributed by atoms with Gasteiger partial charge < -0.3 is 15.0 Å². The number of carbonyl (C=O) groups is 1. The van der Waals surface area contributed by atoms with Crippen molar-refractivity contribution in [3.8, 4) is 0 Å². The van der Waals surface area contributed by atoms with Gasteiger partial charge in [0.15, 0.2) is 0 Å². The third-order valence-electron chi connectivity index (χ3n) is 3.35. The van der Waals surface area contributed by atoms with E-state index in [4.69, 9.17) is 4.74 Å². The van der Waals surface area contributed by atoms with Crippen LogP contribution >= 0.6 is 0 Å². The molecule has 3 rings (SSSR count). The second kappa shape index (κ2) is 4.33. The second-order valence-corrected chi connectivity index (χ2v) is 5.90. The van der Waals surface area contributed by atoms with Gasteiger partial charge in [-0.25, -0.2) is 4.79 Å². The standard InChI is InChI=1S/C13H22N2O2/c1-5-10-11-7-6-9(14-10)8-15(11)12(16)17-13(2,3)4/h5,9-11,14H,1,6-8H2,2-4H3. The normalized spacial score (nSPS) is 32.4. The van der Waals surface area contributed by atoms with E-state index >= 15 is 0 Å². The lowest BCUT2D eigenvalue weighted by Gasteiger charge is -2.49. The Hall–Kier alpha value is -1.03. The number of piperidine rings is 2. The van der Waals surface area contributed by atoms with Crippen LogP contribution in [0.4, 0.5) is 4.79 Å². The highest BCUT2D eigenvalue weighted by Crippen LogP contribution is 2.28. The molecule has 0 spiro atoms. The predicted molar refractivity (Wildman–Crippen MR) is 66.9 cm³/mol. The van der Waals surface area contributed by atoms with Gasteiger partial charge in [-0.15, -0.1) is 6.58 Å². The van der Waals surface area contributed by atoms with Crippen molar-refractivity contribution in [1.29, 1.82) is 0 Å². The summed E-state index contributed by atoms with van der Waals surface area (Å²) in [6, 6.07) is 0.790. The number of fused-ring (bicyclic) bond motifs is 3. The summed E-state index contributed by atoms with van der Waals surface area (Å²) in [5.74, 6) is 0. The average molecular weight is 238 g/mol. The maximum Gasteiger partial charge on any atom is 0.410 e. The Kier molecular flexibility index (Phi) is 3.17. The zero-order valence-corrected chi connectivity index (χ0v) is 10.9. The summed E-state index contributed by atoms with van der Waals surface area (Å²) in [5.41, 5.74) is -0.426. The molecule has 3 fully saturated rings. The van der Waals surface area contributed by atoms with Gasteiger partial charge >= 0.3 is 6.09 Å². The molecule has 0 aromatic rings. The highest BCUT2D eigenvalue weighted by molar-refractivity contribution is 5.69. The van der Waals surface area contributed by atoms with Crippen LogP contribution in [-0.2, 0) is 4.74 Å². The zero-order valence-electron chi connectivity index (χ0n) is 10.9. The van der Waals surface area contributed by atoms with Gasteiger partial charge in [0.2, 0.25) is 0 Å². The molecule has 0 aromatic heterocycles. The number of hydrogen-bond acceptors (Lipinski definition) is 3. The summed E-state index contributed by atoms with van der Waals surface area (Å²) < 4.78 is 5.45. The molecule has 3 unspecified atom stereocenters. The van der Waals surface area contributed by atoms with Crippen molar-refractivity contribution in [2.45, 2.75) is 57.3 Å². The van der Waals surface area contributed by atoms with Crippen molar-refractivity contribution in [2.75, 3.05) is 6.54 Å². The second-order valence-electron chi connectivity index (χ2n) is 5.90. The van der Waals surface area contributed by atoms with Crippen LogP contribution in [0.5, 0.6) is 0 Å². The first-order valence-corrected chi connectivity index (χ1v) is 6.29. The van der Waals surface area contributed by atoms with Crippen molar-refractivity contribution >= 4 is 6.09 Å². The lowest BCUT2D eigenvalue weighted by atomic mass is 9.87. The lowest BCUT2D eigenvalue weighted by Crippen LogP contribution is -2.67. The molecule has 4 heteroatoms. The van der Waals surface area contributed by atoms with Gasteiger partial charge in [-0.3, -0.25) is 0 Å². The fraction of sp³-hybridized carbons (Fsp3) is 0.769. The summed E-state index contributed by atoms with van der Waals surface area (Å²) in [6.07, 6.45) is 3.87. The monoisotopic (exact) mass is 238 g/mol. The zero-order chi connectivity index (χ0) is 12.6. The van der Waals surface area contributed by atoms with Crippen LogP contribution in [0.25, 0.3) is 0 Å². The molecule has 3 atom stereocenters. The molecular weight excluding hydrogens is 216 g/mol. The fourth-order valence-electron chi connectivity index (χ4n) is 2.64. The Morgan fingerprint density at radius 1 is 1.47 bits per heavy atom. The van der Waals surface area contributed by atoms with Gasteiger partial charge in [0.1, 0.15) is 5.60 Å². The van der Waals surface area contributed by atoms with Crippen molar-refractivity contribution < 1.29 is 9.53 Å². The highest BCUT2D eigenvalue weighted by atomic mass is 16.6. The average Bonchev–Trinajstić information content (AvgIpc) is 2.27. The van der Waals surface area contributed by atoms with Gasteiger partial charge in [0.05, 0.1) is 6.04 Å². The van der Waals surface area contributed by atoms with Crippen molar-refractivity contribution in [1.82, 2.24) is 10.2 Å². The Bertz CT molecular complexity index is 322. The van der Waals surface area contributed by atoms with Crippen LogP contribution in [-0.4, -0.2) is 41.3 Å². The number of amides is 1. The molecule has 2 bridgehead atoms. The van der Waals surface area contributed by atoms with E-state index in [1.54, 1.807) is 0 Å².